The predicted molar refractivity (Wildman–Crippen MR) is 146 cm³/mol. The van der Waals surface area contributed by atoms with Crippen molar-refractivity contribution in [3.8, 4) is 0 Å². The number of carbonyl (C=O) groups excluding carboxylic acids is 1. The van der Waals surface area contributed by atoms with E-state index < -0.39 is 6.04 Å². The number of benzene rings is 1. The third-order valence-electron chi connectivity index (χ3n) is 5.93. The highest BCUT2D eigenvalue weighted by molar-refractivity contribution is 7.96. The minimum atomic E-state index is -0.740. The van der Waals surface area contributed by atoms with Crippen LogP contribution in [0, 0.1) is 5.82 Å². The molecule has 3 atom stereocenters. The minimum Gasteiger partial charge on any atom is -0.395 e. The Balaban J connectivity index is 2.00. The number of nitrogens with one attached hydrogen (secondary N) is 1. The number of allylic oxidation sites excluding steroid dienone is 3. The van der Waals surface area contributed by atoms with Crippen LogP contribution in [-0.2, 0) is 13.7 Å². The summed E-state index contributed by atoms with van der Waals surface area (Å²) in [5, 5.41) is 3.38. The fourth-order valence-corrected chi connectivity index (χ4v) is 4.74. The highest BCUT2D eigenvalue weighted by atomic mass is 32.2. The van der Waals surface area contributed by atoms with Gasteiger partial charge in [-0.3, -0.25) is 9.79 Å². The van der Waals surface area contributed by atoms with Crippen LogP contribution in [0.15, 0.2) is 82.7 Å². The highest BCUT2D eigenvalue weighted by Gasteiger charge is 2.31. The molecule has 0 saturated carbocycles. The van der Waals surface area contributed by atoms with Crippen molar-refractivity contribution in [3.05, 3.63) is 89.1 Å². The highest BCUT2D eigenvalue weighted by Crippen LogP contribution is 2.35. The predicted octanol–water partition coefficient (Wildman–Crippen LogP) is 4.91. The first-order valence-electron chi connectivity index (χ1n) is 11.9. The monoisotopic (exact) mass is 511 g/mol. The fraction of sp³-hybridized carbons (Fsp3) is 0.357. The van der Waals surface area contributed by atoms with Crippen LogP contribution < -0.4 is 11.1 Å². The van der Waals surface area contributed by atoms with E-state index in [1.807, 2.05) is 43.4 Å². The first kappa shape index (κ1) is 27.6. The van der Waals surface area contributed by atoms with Crippen LogP contribution in [0.4, 0.5) is 4.39 Å². The second-order valence-corrected chi connectivity index (χ2v) is 10.2. The summed E-state index contributed by atoms with van der Waals surface area (Å²) in [4.78, 5) is 18.0. The lowest BCUT2D eigenvalue weighted by Crippen LogP contribution is -2.41. The number of rotatable bonds is 11. The molecule has 0 aliphatic heterocycles. The lowest BCUT2D eigenvalue weighted by Gasteiger charge is -2.29. The van der Waals surface area contributed by atoms with Crippen LogP contribution in [0.2, 0.25) is 0 Å². The Morgan fingerprint density at radius 3 is 2.72 bits per heavy atom. The number of halogens is 1. The summed E-state index contributed by atoms with van der Waals surface area (Å²) in [5.74, 6) is -0.675. The smallest absolute Gasteiger partial charge is 0.205 e. The summed E-state index contributed by atoms with van der Waals surface area (Å²) in [6.07, 6.45) is 14.9. The van der Waals surface area contributed by atoms with E-state index in [1.54, 1.807) is 26.3 Å². The van der Waals surface area contributed by atoms with Crippen LogP contribution in [0.3, 0.4) is 0 Å². The Morgan fingerprint density at radius 2 is 2.11 bits per heavy atom. The van der Waals surface area contributed by atoms with E-state index in [9.17, 15) is 9.18 Å². The Labute approximate surface area is 217 Å². The van der Waals surface area contributed by atoms with Crippen LogP contribution >= 0.6 is 12.0 Å². The second-order valence-electron chi connectivity index (χ2n) is 8.72. The quantitative estimate of drug-likeness (QED) is 0.249. The molecule has 3 rings (SSSR count). The van der Waals surface area contributed by atoms with Crippen molar-refractivity contribution in [1.82, 2.24) is 5.32 Å². The maximum absolute atomic E-state index is 13.9. The molecular formula is C28H34FN3O3S. The zero-order valence-corrected chi connectivity index (χ0v) is 22.0. The summed E-state index contributed by atoms with van der Waals surface area (Å²) in [7, 11) is 3.24. The van der Waals surface area contributed by atoms with Gasteiger partial charge in [0, 0.05) is 43.2 Å². The molecule has 0 radical (unpaired) electrons. The van der Waals surface area contributed by atoms with Crippen molar-refractivity contribution < 1.29 is 18.1 Å². The molecule has 6 nitrogen and oxygen atoms in total. The number of aliphatic imine (C=N–C) groups is 1. The number of hydrogen-bond donors (Lipinski definition) is 2. The molecule has 2 aliphatic carbocycles. The van der Waals surface area contributed by atoms with Gasteiger partial charge in [0.15, 0.2) is 0 Å². The number of nitrogens with two attached hydrogens (primary N) is 1. The zero-order valence-electron chi connectivity index (χ0n) is 21.2. The summed E-state index contributed by atoms with van der Waals surface area (Å²) in [6, 6.07) is 5.09. The third kappa shape index (κ3) is 7.06. The normalized spacial score (nSPS) is 23.2. The van der Waals surface area contributed by atoms with Gasteiger partial charge >= 0.3 is 0 Å². The van der Waals surface area contributed by atoms with Gasteiger partial charge in [-0.25, -0.2) is 4.39 Å². The molecule has 3 unspecified atom stereocenters. The fourth-order valence-electron chi connectivity index (χ4n) is 4.09. The summed E-state index contributed by atoms with van der Waals surface area (Å²) in [6.45, 7) is 4.63. The van der Waals surface area contributed by atoms with Gasteiger partial charge in [-0.1, -0.05) is 36.4 Å². The van der Waals surface area contributed by atoms with E-state index in [4.69, 9.17) is 14.7 Å². The van der Waals surface area contributed by atoms with E-state index in [0.717, 1.165) is 17.7 Å². The van der Waals surface area contributed by atoms with E-state index >= 15 is 0 Å². The molecule has 0 bridgehead atoms. The second kappa shape index (κ2) is 12.9. The summed E-state index contributed by atoms with van der Waals surface area (Å²) in [5.41, 5.74) is 9.15. The van der Waals surface area contributed by atoms with Crippen molar-refractivity contribution in [2.75, 3.05) is 20.8 Å². The summed E-state index contributed by atoms with van der Waals surface area (Å²) >= 11 is 1.38. The number of Topliss-reactive ketones (excluding diaryl/α,β-unsaturated/α-hetero) is 1. The average molecular weight is 512 g/mol. The van der Waals surface area contributed by atoms with Gasteiger partial charge in [0.25, 0.3) is 0 Å². The van der Waals surface area contributed by atoms with Gasteiger partial charge in [0.2, 0.25) is 5.78 Å². The van der Waals surface area contributed by atoms with E-state index in [-0.39, 0.29) is 28.1 Å². The van der Waals surface area contributed by atoms with Crippen molar-refractivity contribution in [1.29, 1.82) is 0 Å². The SMILES string of the molecule is CCOC1C=C(NC(C(=O)C(N)=C(C=NC)c2ccc(F)cc2)C2=CCC(C)(SOC)C=C2)C=CC1. The number of carbonyl (C=O) groups is 1. The zero-order chi connectivity index (χ0) is 26.1. The van der Waals surface area contributed by atoms with Crippen molar-refractivity contribution in [2.24, 2.45) is 10.7 Å². The Hall–Kier alpha value is -2.94. The number of hydrogen-bond acceptors (Lipinski definition) is 7. The van der Waals surface area contributed by atoms with E-state index in [1.165, 1.54) is 30.4 Å². The Kier molecular flexibility index (Phi) is 9.87. The van der Waals surface area contributed by atoms with Crippen LogP contribution in [0.5, 0.6) is 0 Å². The minimum absolute atomic E-state index is 0.0420. The summed E-state index contributed by atoms with van der Waals surface area (Å²) < 4.78 is 24.3. The molecule has 2 aliphatic rings. The Morgan fingerprint density at radius 1 is 1.36 bits per heavy atom. The molecule has 0 fully saturated rings. The lowest BCUT2D eigenvalue weighted by atomic mass is 9.89. The first-order valence-corrected chi connectivity index (χ1v) is 12.6. The van der Waals surface area contributed by atoms with Gasteiger partial charge in [-0.05, 0) is 62.1 Å². The third-order valence-corrected chi connectivity index (χ3v) is 6.78. The number of nitrogens with zero attached hydrogens (tertiary/aromatic N) is 1. The molecule has 0 saturated heterocycles. The van der Waals surface area contributed by atoms with E-state index in [0.29, 0.717) is 24.2 Å². The molecule has 1 aromatic rings. The maximum Gasteiger partial charge on any atom is 0.205 e. The maximum atomic E-state index is 13.9. The molecule has 0 spiro atoms. The van der Waals surface area contributed by atoms with Crippen LogP contribution in [0.25, 0.3) is 5.57 Å². The molecular weight excluding hydrogens is 477 g/mol. The van der Waals surface area contributed by atoms with Gasteiger partial charge in [-0.2, -0.15) is 0 Å². The molecule has 36 heavy (non-hydrogen) atoms. The molecule has 192 valence electrons. The van der Waals surface area contributed by atoms with E-state index in [2.05, 4.69) is 17.2 Å². The standard InChI is InChI=1S/C28H34FN3O3S/c1-5-35-23-8-6-7-22(17-23)32-26(20-13-15-28(2,16-14-20)36-34-4)27(33)25(30)24(18-31-3)19-9-11-21(29)12-10-19/h6-7,9-15,17-18,23,26,32H,5,8,16,30H2,1-4H3. The van der Waals surface area contributed by atoms with Crippen molar-refractivity contribution >= 4 is 29.6 Å². The van der Waals surface area contributed by atoms with Crippen molar-refractivity contribution in [3.63, 3.8) is 0 Å². The number of ether oxygens (including phenoxy) is 1. The molecule has 0 aromatic heterocycles. The lowest BCUT2D eigenvalue weighted by molar-refractivity contribution is -0.116. The van der Waals surface area contributed by atoms with Gasteiger partial charge in [0.05, 0.1) is 23.7 Å². The van der Waals surface area contributed by atoms with Crippen LogP contribution in [-0.4, -0.2) is 49.7 Å². The van der Waals surface area contributed by atoms with Gasteiger partial charge in [-0.15, -0.1) is 0 Å². The molecule has 8 heteroatoms. The first-order chi connectivity index (χ1) is 17.3. The van der Waals surface area contributed by atoms with Crippen molar-refractivity contribution in [2.45, 2.75) is 43.6 Å². The number of ketones is 1. The van der Waals surface area contributed by atoms with Gasteiger partial charge in [0.1, 0.15) is 11.9 Å². The van der Waals surface area contributed by atoms with Gasteiger partial charge < -0.3 is 20.0 Å². The largest absolute Gasteiger partial charge is 0.395 e. The average Bonchev–Trinajstić information content (AvgIpc) is 2.87. The molecule has 0 heterocycles. The van der Waals surface area contributed by atoms with Crippen LogP contribution in [0.1, 0.15) is 32.3 Å². The molecule has 3 N–H and O–H groups in total. The molecule has 1 aromatic carbocycles. The topological polar surface area (TPSA) is 85.9 Å². The Bertz CT molecular complexity index is 1120. The molecule has 0 amide bonds.